The number of amides is 1. The molecule has 164 valence electrons. The van der Waals surface area contributed by atoms with Crippen LogP contribution in [0, 0.1) is 31.1 Å². The zero-order chi connectivity index (χ0) is 23.0. The van der Waals surface area contributed by atoms with Crippen LogP contribution >= 0.6 is 0 Å². The maximum Gasteiger partial charge on any atom is 0.328 e. The Hall–Kier alpha value is -3.40. The number of aromatic amines is 1. The number of rotatable bonds is 9. The van der Waals surface area contributed by atoms with E-state index in [-0.39, 0.29) is 30.4 Å². The molecular formula is C24H29N3O4. The third kappa shape index (κ3) is 6.82. The van der Waals surface area contributed by atoms with E-state index in [4.69, 9.17) is 4.74 Å². The van der Waals surface area contributed by atoms with Crippen molar-refractivity contribution in [3.05, 3.63) is 68.6 Å². The van der Waals surface area contributed by atoms with Gasteiger partial charge in [0, 0.05) is 12.1 Å². The summed E-state index contributed by atoms with van der Waals surface area (Å²) in [5.74, 6) is -0.559. The summed E-state index contributed by atoms with van der Waals surface area (Å²) < 4.78 is 5.41. The number of H-pyrrole nitrogens is 1. The summed E-state index contributed by atoms with van der Waals surface area (Å²) in [5.41, 5.74) is 2.49. The molecule has 7 heteroatoms. The van der Waals surface area contributed by atoms with Gasteiger partial charge in [-0.15, -0.1) is 0 Å². The van der Waals surface area contributed by atoms with E-state index in [2.05, 4.69) is 10.3 Å². The number of pyridine rings is 1. The van der Waals surface area contributed by atoms with Gasteiger partial charge in [-0.3, -0.25) is 9.59 Å². The van der Waals surface area contributed by atoms with Crippen LogP contribution in [0.25, 0.3) is 0 Å². The molecule has 1 amide bonds. The fourth-order valence-electron chi connectivity index (χ4n) is 3.44. The first kappa shape index (κ1) is 23.9. The Morgan fingerprint density at radius 2 is 1.87 bits per heavy atom. The van der Waals surface area contributed by atoms with Crippen LogP contribution in [0.2, 0.25) is 0 Å². The summed E-state index contributed by atoms with van der Waals surface area (Å²) in [7, 11) is 0. The summed E-state index contributed by atoms with van der Waals surface area (Å²) >= 11 is 0. The van der Waals surface area contributed by atoms with Gasteiger partial charge in [-0.25, -0.2) is 4.79 Å². The highest BCUT2D eigenvalue weighted by Crippen LogP contribution is 2.15. The summed E-state index contributed by atoms with van der Waals surface area (Å²) in [6.07, 6.45) is 0.941. The van der Waals surface area contributed by atoms with Crippen molar-refractivity contribution in [1.82, 2.24) is 10.3 Å². The molecule has 1 atom stereocenters. The molecule has 2 N–H and O–H groups in total. The van der Waals surface area contributed by atoms with Gasteiger partial charge < -0.3 is 15.0 Å². The molecule has 2 aromatic rings. The molecule has 0 spiro atoms. The molecule has 0 aliphatic heterocycles. The Balaban J connectivity index is 2.02. The highest BCUT2D eigenvalue weighted by molar-refractivity contribution is 5.84. The SMILES string of the molecule is Cc1[nH]c(=O)c(C#N)c(C)c1CCC(=O)N[C@@H](CC(C)C)C(=O)OCc1ccccc1. The standard InChI is InChI=1S/C24H29N3O4/c1-15(2)12-21(24(30)31-14-18-8-6-5-7-9-18)27-22(28)11-10-19-16(3)20(13-25)23(29)26-17(19)4/h5-9,15,21H,10-12,14H2,1-4H3,(H,26,29)(H,27,28)/t21-/m0/s1. The fraction of sp³-hybridized carbons (Fsp3) is 0.417. The molecule has 1 aromatic carbocycles. The van der Waals surface area contributed by atoms with E-state index in [1.807, 2.05) is 50.2 Å². The number of hydrogen-bond acceptors (Lipinski definition) is 5. The third-order valence-electron chi connectivity index (χ3n) is 5.07. The first-order valence-electron chi connectivity index (χ1n) is 10.3. The number of ether oxygens (including phenoxy) is 1. The van der Waals surface area contributed by atoms with Crippen LogP contribution < -0.4 is 10.9 Å². The summed E-state index contributed by atoms with van der Waals surface area (Å²) in [6, 6.07) is 10.5. The average Bonchev–Trinajstić information content (AvgIpc) is 2.71. The summed E-state index contributed by atoms with van der Waals surface area (Å²) in [4.78, 5) is 39.7. The van der Waals surface area contributed by atoms with Crippen LogP contribution in [-0.2, 0) is 27.4 Å². The van der Waals surface area contributed by atoms with Gasteiger partial charge in [0.15, 0.2) is 0 Å². The number of carbonyl (C=O) groups excluding carboxylic acids is 2. The Kier molecular flexibility index (Phi) is 8.56. The molecular weight excluding hydrogens is 394 g/mol. The van der Waals surface area contributed by atoms with Crippen LogP contribution in [0.5, 0.6) is 0 Å². The monoisotopic (exact) mass is 423 g/mol. The van der Waals surface area contributed by atoms with Crippen LogP contribution in [-0.4, -0.2) is 22.9 Å². The highest BCUT2D eigenvalue weighted by Gasteiger charge is 2.24. The summed E-state index contributed by atoms with van der Waals surface area (Å²) in [6.45, 7) is 7.54. The molecule has 0 saturated heterocycles. The maximum absolute atomic E-state index is 12.6. The van der Waals surface area contributed by atoms with Crippen LogP contribution in [0.15, 0.2) is 35.1 Å². The number of nitrogens with one attached hydrogen (secondary N) is 2. The molecule has 0 radical (unpaired) electrons. The van der Waals surface area contributed by atoms with Crippen molar-refractivity contribution in [2.75, 3.05) is 0 Å². The molecule has 0 aliphatic rings. The number of benzene rings is 1. The predicted octanol–water partition coefficient (Wildman–Crippen LogP) is 3.07. The van der Waals surface area contributed by atoms with Crippen molar-refractivity contribution in [3.8, 4) is 6.07 Å². The van der Waals surface area contributed by atoms with Gasteiger partial charge in [-0.1, -0.05) is 44.2 Å². The van der Waals surface area contributed by atoms with Crippen molar-refractivity contribution in [2.24, 2.45) is 5.92 Å². The van der Waals surface area contributed by atoms with E-state index in [1.54, 1.807) is 13.8 Å². The van der Waals surface area contributed by atoms with Crippen molar-refractivity contribution in [1.29, 1.82) is 5.26 Å². The van der Waals surface area contributed by atoms with Crippen molar-refractivity contribution in [3.63, 3.8) is 0 Å². The van der Waals surface area contributed by atoms with Crippen molar-refractivity contribution >= 4 is 11.9 Å². The normalized spacial score (nSPS) is 11.6. The number of esters is 1. The molecule has 1 aromatic heterocycles. The van der Waals surface area contributed by atoms with Gasteiger partial charge in [0.25, 0.3) is 5.56 Å². The molecule has 0 fully saturated rings. The van der Waals surface area contributed by atoms with E-state index in [0.717, 1.165) is 11.1 Å². The predicted molar refractivity (Wildman–Crippen MR) is 117 cm³/mol. The second-order valence-corrected chi connectivity index (χ2v) is 8.01. The minimum Gasteiger partial charge on any atom is -0.459 e. The molecule has 0 saturated carbocycles. The Morgan fingerprint density at radius 3 is 2.48 bits per heavy atom. The van der Waals surface area contributed by atoms with Gasteiger partial charge in [0.1, 0.15) is 24.3 Å². The van der Waals surface area contributed by atoms with Gasteiger partial charge in [-0.2, -0.15) is 5.26 Å². The first-order chi connectivity index (χ1) is 14.7. The molecule has 0 aliphatic carbocycles. The number of nitriles is 1. The summed E-state index contributed by atoms with van der Waals surface area (Å²) in [5, 5.41) is 12.0. The number of hydrogen-bond donors (Lipinski definition) is 2. The van der Waals surface area contributed by atoms with E-state index in [0.29, 0.717) is 24.1 Å². The van der Waals surface area contributed by atoms with Gasteiger partial charge >= 0.3 is 5.97 Å². The number of aromatic nitrogens is 1. The van der Waals surface area contributed by atoms with E-state index >= 15 is 0 Å². The van der Waals surface area contributed by atoms with E-state index in [9.17, 15) is 19.6 Å². The zero-order valence-corrected chi connectivity index (χ0v) is 18.5. The average molecular weight is 424 g/mol. The smallest absolute Gasteiger partial charge is 0.328 e. The Bertz CT molecular complexity index is 1020. The van der Waals surface area contributed by atoms with Gasteiger partial charge in [0.05, 0.1) is 0 Å². The molecule has 31 heavy (non-hydrogen) atoms. The van der Waals surface area contributed by atoms with E-state index < -0.39 is 17.6 Å². The topological polar surface area (TPSA) is 112 Å². The molecule has 0 bridgehead atoms. The molecule has 7 nitrogen and oxygen atoms in total. The minimum absolute atomic E-state index is 0.0585. The van der Waals surface area contributed by atoms with Crippen molar-refractivity contribution in [2.45, 2.75) is 59.6 Å². The zero-order valence-electron chi connectivity index (χ0n) is 18.5. The number of nitrogens with zero attached hydrogens (tertiary/aromatic N) is 1. The second-order valence-electron chi connectivity index (χ2n) is 8.01. The number of carbonyl (C=O) groups is 2. The van der Waals surface area contributed by atoms with Crippen LogP contribution in [0.3, 0.4) is 0 Å². The lowest BCUT2D eigenvalue weighted by atomic mass is 9.98. The number of aryl methyl sites for hydroxylation is 1. The largest absolute Gasteiger partial charge is 0.459 e. The van der Waals surface area contributed by atoms with Crippen molar-refractivity contribution < 1.29 is 14.3 Å². The molecule has 1 heterocycles. The highest BCUT2D eigenvalue weighted by atomic mass is 16.5. The fourth-order valence-corrected chi connectivity index (χ4v) is 3.44. The lowest BCUT2D eigenvalue weighted by Gasteiger charge is -2.20. The second kappa shape index (κ2) is 11.1. The Labute approximate surface area is 182 Å². The quantitative estimate of drug-likeness (QED) is 0.602. The lowest BCUT2D eigenvalue weighted by Crippen LogP contribution is -2.42. The lowest BCUT2D eigenvalue weighted by molar-refractivity contribution is -0.149. The van der Waals surface area contributed by atoms with Gasteiger partial charge in [0.2, 0.25) is 5.91 Å². The maximum atomic E-state index is 12.6. The van der Waals surface area contributed by atoms with Gasteiger partial charge in [-0.05, 0) is 49.3 Å². The van der Waals surface area contributed by atoms with Crippen LogP contribution in [0.4, 0.5) is 0 Å². The minimum atomic E-state index is -0.733. The third-order valence-corrected chi connectivity index (χ3v) is 5.07. The molecule has 0 unspecified atom stereocenters. The molecule has 2 rings (SSSR count). The first-order valence-corrected chi connectivity index (χ1v) is 10.3. The van der Waals surface area contributed by atoms with E-state index in [1.165, 1.54) is 0 Å². The van der Waals surface area contributed by atoms with Crippen LogP contribution in [0.1, 0.15) is 54.6 Å². The Morgan fingerprint density at radius 1 is 1.19 bits per heavy atom.